The van der Waals surface area contributed by atoms with E-state index in [1.165, 1.54) is 0 Å². The summed E-state index contributed by atoms with van der Waals surface area (Å²) in [6.45, 7) is 0. The molecule has 0 bridgehead atoms. The van der Waals surface area contributed by atoms with Crippen LogP contribution in [-0.2, 0) is 0 Å². The van der Waals surface area contributed by atoms with Crippen molar-refractivity contribution in [3.8, 4) is 0 Å². The van der Waals surface area contributed by atoms with Gasteiger partial charge in [0.05, 0.1) is 5.30 Å². The highest BCUT2D eigenvalue weighted by atomic mass is 31.1. The SMILES string of the molecule is Fc1cc(F)c(P(c2ccccc2)c2ccccc2)c(F)c1. The lowest BCUT2D eigenvalue weighted by atomic mass is 10.3. The van der Waals surface area contributed by atoms with Gasteiger partial charge in [0.1, 0.15) is 17.5 Å². The summed E-state index contributed by atoms with van der Waals surface area (Å²) in [4.78, 5) is 0. The molecule has 0 fully saturated rings. The molecule has 4 heteroatoms. The Bertz CT molecular complexity index is 710. The van der Waals surface area contributed by atoms with Crippen molar-refractivity contribution in [3.05, 3.63) is 90.2 Å². The van der Waals surface area contributed by atoms with E-state index in [0.717, 1.165) is 22.7 Å². The molecule has 3 aromatic carbocycles. The van der Waals surface area contributed by atoms with Gasteiger partial charge in [0.25, 0.3) is 0 Å². The van der Waals surface area contributed by atoms with Crippen molar-refractivity contribution in [2.75, 3.05) is 0 Å². The molecule has 110 valence electrons. The van der Waals surface area contributed by atoms with Crippen molar-refractivity contribution in [2.45, 2.75) is 0 Å². The van der Waals surface area contributed by atoms with Gasteiger partial charge in [0.2, 0.25) is 0 Å². The Morgan fingerprint density at radius 1 is 0.591 bits per heavy atom. The monoisotopic (exact) mass is 316 g/mol. The zero-order valence-electron chi connectivity index (χ0n) is 11.5. The van der Waals surface area contributed by atoms with Crippen LogP contribution in [-0.4, -0.2) is 0 Å². The molecule has 0 unspecified atom stereocenters. The van der Waals surface area contributed by atoms with Crippen LogP contribution < -0.4 is 15.9 Å². The van der Waals surface area contributed by atoms with Gasteiger partial charge in [-0.1, -0.05) is 60.7 Å². The van der Waals surface area contributed by atoms with Gasteiger partial charge in [-0.15, -0.1) is 0 Å². The highest BCUT2D eigenvalue weighted by molar-refractivity contribution is 7.79. The van der Waals surface area contributed by atoms with Crippen LogP contribution in [0.2, 0.25) is 0 Å². The minimum absolute atomic E-state index is 0.0752. The topological polar surface area (TPSA) is 0 Å². The molecule has 0 saturated carbocycles. The summed E-state index contributed by atoms with van der Waals surface area (Å²) in [6.07, 6.45) is 0. The van der Waals surface area contributed by atoms with Crippen molar-refractivity contribution in [1.82, 2.24) is 0 Å². The van der Waals surface area contributed by atoms with Gasteiger partial charge in [0.15, 0.2) is 0 Å². The number of rotatable bonds is 3. The van der Waals surface area contributed by atoms with Gasteiger partial charge in [-0.3, -0.25) is 0 Å². The smallest absolute Gasteiger partial charge is 0.137 e. The van der Waals surface area contributed by atoms with Crippen LogP contribution in [0.3, 0.4) is 0 Å². The quantitative estimate of drug-likeness (QED) is 0.644. The van der Waals surface area contributed by atoms with Crippen LogP contribution in [0.5, 0.6) is 0 Å². The van der Waals surface area contributed by atoms with E-state index >= 15 is 0 Å². The summed E-state index contributed by atoms with van der Waals surface area (Å²) < 4.78 is 41.7. The third kappa shape index (κ3) is 2.90. The van der Waals surface area contributed by atoms with Crippen LogP contribution in [0, 0.1) is 17.5 Å². The first-order valence-corrected chi connectivity index (χ1v) is 8.06. The van der Waals surface area contributed by atoms with Crippen molar-refractivity contribution >= 4 is 23.8 Å². The maximum Gasteiger partial charge on any atom is 0.137 e. The Labute approximate surface area is 128 Å². The molecule has 0 aliphatic rings. The molecule has 0 aliphatic carbocycles. The fourth-order valence-electron chi connectivity index (χ4n) is 2.31. The maximum absolute atomic E-state index is 14.3. The first-order valence-electron chi connectivity index (χ1n) is 6.71. The van der Waals surface area contributed by atoms with E-state index in [0.29, 0.717) is 0 Å². The third-order valence-electron chi connectivity index (χ3n) is 3.23. The zero-order chi connectivity index (χ0) is 15.5. The first-order chi connectivity index (χ1) is 10.7. The Morgan fingerprint density at radius 2 is 1.00 bits per heavy atom. The normalized spacial score (nSPS) is 10.9. The van der Waals surface area contributed by atoms with Crippen LogP contribution in [0.4, 0.5) is 13.2 Å². The minimum Gasteiger partial charge on any atom is -0.207 e. The minimum atomic E-state index is -1.42. The van der Waals surface area contributed by atoms with Crippen LogP contribution in [0.25, 0.3) is 0 Å². The number of halogens is 3. The Morgan fingerprint density at radius 3 is 1.41 bits per heavy atom. The van der Waals surface area contributed by atoms with Gasteiger partial charge in [-0.05, 0) is 18.5 Å². The van der Waals surface area contributed by atoms with Crippen molar-refractivity contribution in [2.24, 2.45) is 0 Å². The summed E-state index contributed by atoms with van der Waals surface area (Å²) in [7, 11) is -1.42. The van der Waals surface area contributed by atoms with Gasteiger partial charge in [-0.2, -0.15) is 0 Å². The molecule has 0 radical (unpaired) electrons. The average molecular weight is 316 g/mol. The molecule has 22 heavy (non-hydrogen) atoms. The zero-order valence-corrected chi connectivity index (χ0v) is 12.4. The van der Waals surface area contributed by atoms with Crippen molar-refractivity contribution in [1.29, 1.82) is 0 Å². The highest BCUT2D eigenvalue weighted by Gasteiger charge is 2.24. The summed E-state index contributed by atoms with van der Waals surface area (Å²) in [5.74, 6) is -2.61. The van der Waals surface area contributed by atoms with E-state index in [1.54, 1.807) is 0 Å². The van der Waals surface area contributed by atoms with Crippen LogP contribution >= 0.6 is 7.92 Å². The predicted octanol–water partition coefficient (Wildman–Crippen LogP) is 3.86. The molecule has 0 aliphatic heterocycles. The molecule has 0 amide bonds. The predicted molar refractivity (Wildman–Crippen MR) is 85.0 cm³/mol. The number of hydrogen-bond acceptors (Lipinski definition) is 0. The maximum atomic E-state index is 14.3. The molecular formula is C18H12F3P. The molecule has 0 N–H and O–H groups in total. The lowest BCUT2D eigenvalue weighted by molar-refractivity contribution is 0.554. The van der Waals surface area contributed by atoms with Crippen molar-refractivity contribution < 1.29 is 13.2 Å². The second kappa shape index (κ2) is 6.33. The Hall–Kier alpha value is -2.12. The molecular weight excluding hydrogens is 304 g/mol. The summed E-state index contributed by atoms with van der Waals surface area (Å²) in [5.41, 5.74) is 0. The van der Waals surface area contributed by atoms with E-state index in [9.17, 15) is 13.2 Å². The Balaban J connectivity index is 2.24. The number of benzene rings is 3. The molecule has 0 saturated heterocycles. The molecule has 0 heterocycles. The van der Waals surface area contributed by atoms with E-state index in [4.69, 9.17) is 0 Å². The van der Waals surface area contributed by atoms with E-state index < -0.39 is 25.4 Å². The fraction of sp³-hybridized carbons (Fsp3) is 0. The molecule has 0 spiro atoms. The average Bonchev–Trinajstić information content (AvgIpc) is 2.52. The molecule has 3 rings (SSSR count). The van der Waals surface area contributed by atoms with Gasteiger partial charge < -0.3 is 0 Å². The van der Waals surface area contributed by atoms with Crippen LogP contribution in [0.1, 0.15) is 0 Å². The lowest BCUT2D eigenvalue weighted by Gasteiger charge is -2.20. The Kier molecular flexibility index (Phi) is 4.26. The molecule has 0 atom stereocenters. The summed E-state index contributed by atoms with van der Waals surface area (Å²) in [5, 5.41) is 1.55. The van der Waals surface area contributed by atoms with E-state index in [2.05, 4.69) is 0 Å². The summed E-state index contributed by atoms with van der Waals surface area (Å²) >= 11 is 0. The lowest BCUT2D eigenvalue weighted by Crippen LogP contribution is -2.25. The second-order valence-corrected chi connectivity index (χ2v) is 6.88. The second-order valence-electron chi connectivity index (χ2n) is 4.72. The standard InChI is InChI=1S/C18H12F3P/c19-13-11-16(20)18(17(21)12-13)22(14-7-3-1-4-8-14)15-9-5-2-6-10-15/h1-12H. The first kappa shape index (κ1) is 14.8. The molecule has 3 aromatic rings. The number of hydrogen-bond donors (Lipinski definition) is 0. The van der Waals surface area contributed by atoms with E-state index in [-0.39, 0.29) is 5.30 Å². The van der Waals surface area contributed by atoms with Gasteiger partial charge in [-0.25, -0.2) is 13.2 Å². The van der Waals surface area contributed by atoms with Gasteiger partial charge >= 0.3 is 0 Å². The molecule has 0 nitrogen and oxygen atoms in total. The summed E-state index contributed by atoms with van der Waals surface area (Å²) in [6, 6.07) is 19.8. The fourth-order valence-corrected chi connectivity index (χ4v) is 4.62. The van der Waals surface area contributed by atoms with E-state index in [1.807, 2.05) is 60.7 Å². The highest BCUT2D eigenvalue weighted by Crippen LogP contribution is 2.34. The van der Waals surface area contributed by atoms with Crippen LogP contribution in [0.15, 0.2) is 72.8 Å². The van der Waals surface area contributed by atoms with Gasteiger partial charge in [0, 0.05) is 12.1 Å². The van der Waals surface area contributed by atoms with Crippen molar-refractivity contribution in [3.63, 3.8) is 0 Å². The molecule has 0 aromatic heterocycles. The third-order valence-corrected chi connectivity index (χ3v) is 5.74. The largest absolute Gasteiger partial charge is 0.207 e.